The number of carbonyl (C=O) groups excluding carboxylic acids is 1. The zero-order valence-electron chi connectivity index (χ0n) is 18.3. The van der Waals surface area contributed by atoms with E-state index in [0.29, 0.717) is 27.0 Å². The molecular weight excluding hydrogens is 495 g/mol. The molecule has 0 aliphatic heterocycles. The van der Waals surface area contributed by atoms with Crippen molar-refractivity contribution in [1.29, 1.82) is 0 Å². The van der Waals surface area contributed by atoms with E-state index >= 15 is 0 Å². The van der Waals surface area contributed by atoms with E-state index in [0.717, 1.165) is 22.9 Å². The lowest BCUT2D eigenvalue weighted by Gasteiger charge is -2.09. The second kappa shape index (κ2) is 9.58. The molecule has 3 aromatic carbocycles. The maximum Gasteiger partial charge on any atom is 0.260 e. The monoisotopic (exact) mass is 514 g/mol. The molecule has 4 aromatic rings. The number of hydrazone groups is 1. The molecule has 1 N–H and O–H groups in total. The predicted octanol–water partition coefficient (Wildman–Crippen LogP) is 4.87. The summed E-state index contributed by atoms with van der Waals surface area (Å²) >= 11 is 12.0. The maximum absolute atomic E-state index is 12.7. The lowest BCUT2D eigenvalue weighted by atomic mass is 10.2. The van der Waals surface area contributed by atoms with E-state index in [2.05, 4.69) is 10.5 Å². The van der Waals surface area contributed by atoms with Crippen molar-refractivity contribution in [3.8, 4) is 11.4 Å². The quantitative estimate of drug-likeness (QED) is 0.293. The molecule has 10 heteroatoms. The van der Waals surface area contributed by atoms with Gasteiger partial charge in [-0.3, -0.25) is 4.79 Å². The maximum atomic E-state index is 12.7. The Kier molecular flexibility index (Phi) is 6.74. The zero-order valence-corrected chi connectivity index (χ0v) is 20.6. The lowest BCUT2D eigenvalue weighted by molar-refractivity contribution is -0.121. The van der Waals surface area contributed by atoms with E-state index in [4.69, 9.17) is 28.2 Å². The van der Waals surface area contributed by atoms with Crippen molar-refractivity contribution in [2.45, 2.75) is 18.4 Å². The smallest absolute Gasteiger partial charge is 0.260 e. The van der Waals surface area contributed by atoms with Gasteiger partial charge in [0.25, 0.3) is 5.91 Å². The number of aryl methyl sites for hydroxylation is 1. The Morgan fingerprint density at radius 2 is 1.82 bits per heavy atom. The van der Waals surface area contributed by atoms with Gasteiger partial charge < -0.3 is 4.57 Å². The van der Waals surface area contributed by atoms with Gasteiger partial charge in [0.15, 0.2) is 9.84 Å². The number of fused-ring (bicyclic) bond motifs is 1. The summed E-state index contributed by atoms with van der Waals surface area (Å²) in [7, 11) is -3.32. The normalized spacial score (nSPS) is 11.9. The van der Waals surface area contributed by atoms with Crippen LogP contribution in [0.25, 0.3) is 22.4 Å². The molecule has 4 rings (SSSR count). The lowest BCUT2D eigenvalue weighted by Crippen LogP contribution is -2.23. The second-order valence-corrected chi connectivity index (χ2v) is 10.6. The van der Waals surface area contributed by atoms with Gasteiger partial charge in [-0.15, -0.1) is 0 Å². The Balaban J connectivity index is 1.63. The Bertz CT molecular complexity index is 1530. The largest absolute Gasteiger partial charge is 0.314 e. The first kappa shape index (κ1) is 23.9. The summed E-state index contributed by atoms with van der Waals surface area (Å²) in [6, 6.07) is 17.2. The molecule has 0 saturated carbocycles. The average molecular weight is 515 g/mol. The number of hydrogen-bond donors (Lipinski definition) is 1. The molecule has 0 bridgehead atoms. The van der Waals surface area contributed by atoms with E-state index in [-0.39, 0.29) is 17.3 Å². The standard InChI is InChI=1S/C24H20Cl2N4O3S/c1-15-3-10-22-21(11-15)28-24(16-5-8-19(9-6-16)34(2,32)33)30(22)14-23(31)29-27-13-17-4-7-18(25)12-20(17)26/h3-13H,14H2,1-2H3,(H,29,31)/b27-13-. The summed E-state index contributed by atoms with van der Waals surface area (Å²) in [5.41, 5.74) is 6.34. The van der Waals surface area contributed by atoms with Crippen molar-refractivity contribution in [2.75, 3.05) is 6.26 Å². The number of rotatable bonds is 6. The molecule has 1 aromatic heterocycles. The first-order valence-corrected chi connectivity index (χ1v) is 12.8. The van der Waals surface area contributed by atoms with Crippen LogP contribution in [0.4, 0.5) is 0 Å². The fourth-order valence-corrected chi connectivity index (χ4v) is 4.52. The molecule has 0 radical (unpaired) electrons. The third-order valence-electron chi connectivity index (χ3n) is 5.10. The third kappa shape index (κ3) is 5.30. The van der Waals surface area contributed by atoms with Crippen LogP contribution >= 0.6 is 23.2 Å². The van der Waals surface area contributed by atoms with Crippen molar-refractivity contribution < 1.29 is 13.2 Å². The summed E-state index contributed by atoms with van der Waals surface area (Å²) in [4.78, 5) is 17.6. The highest BCUT2D eigenvalue weighted by Crippen LogP contribution is 2.27. The van der Waals surface area contributed by atoms with Gasteiger partial charge in [-0.25, -0.2) is 18.8 Å². The summed E-state index contributed by atoms with van der Waals surface area (Å²) in [6.45, 7) is 1.91. The minimum absolute atomic E-state index is 0.0472. The fraction of sp³-hybridized carbons (Fsp3) is 0.125. The van der Waals surface area contributed by atoms with Crippen molar-refractivity contribution >= 4 is 56.2 Å². The number of nitrogens with one attached hydrogen (secondary N) is 1. The minimum atomic E-state index is -3.32. The number of carbonyl (C=O) groups is 1. The highest BCUT2D eigenvalue weighted by molar-refractivity contribution is 7.90. The average Bonchev–Trinajstić information content (AvgIpc) is 3.12. The van der Waals surface area contributed by atoms with Crippen molar-refractivity contribution in [1.82, 2.24) is 15.0 Å². The highest BCUT2D eigenvalue weighted by Gasteiger charge is 2.16. The van der Waals surface area contributed by atoms with Gasteiger partial charge in [0.1, 0.15) is 12.4 Å². The molecule has 1 amide bonds. The molecule has 0 aliphatic rings. The minimum Gasteiger partial charge on any atom is -0.314 e. The van der Waals surface area contributed by atoms with Crippen LogP contribution in [0.2, 0.25) is 10.0 Å². The van der Waals surface area contributed by atoms with Crippen LogP contribution in [-0.4, -0.2) is 36.3 Å². The van der Waals surface area contributed by atoms with Gasteiger partial charge in [0, 0.05) is 22.4 Å². The van der Waals surface area contributed by atoms with Gasteiger partial charge in [-0.2, -0.15) is 5.10 Å². The van der Waals surface area contributed by atoms with Crippen LogP contribution < -0.4 is 5.43 Å². The number of sulfone groups is 1. The molecule has 0 aliphatic carbocycles. The third-order valence-corrected chi connectivity index (χ3v) is 6.79. The fourth-order valence-electron chi connectivity index (χ4n) is 3.43. The molecule has 0 fully saturated rings. The summed E-state index contributed by atoms with van der Waals surface area (Å²) in [5, 5.41) is 4.92. The predicted molar refractivity (Wildman–Crippen MR) is 135 cm³/mol. The van der Waals surface area contributed by atoms with Crippen LogP contribution in [0.15, 0.2) is 70.7 Å². The molecule has 1 heterocycles. The Hall–Kier alpha value is -3.20. The van der Waals surface area contributed by atoms with E-state index in [1.807, 2.05) is 25.1 Å². The van der Waals surface area contributed by atoms with Crippen LogP contribution in [0.1, 0.15) is 11.1 Å². The van der Waals surface area contributed by atoms with E-state index in [1.165, 1.54) is 18.3 Å². The SMILES string of the molecule is Cc1ccc2c(c1)nc(-c1ccc(S(C)(=O)=O)cc1)n2CC(=O)N/N=C\c1ccc(Cl)cc1Cl. The van der Waals surface area contributed by atoms with E-state index in [1.54, 1.807) is 34.9 Å². The van der Waals surface area contributed by atoms with Crippen molar-refractivity contribution in [3.63, 3.8) is 0 Å². The Labute approximate surface area is 206 Å². The second-order valence-electron chi connectivity index (χ2n) is 7.77. The first-order valence-electron chi connectivity index (χ1n) is 10.2. The highest BCUT2D eigenvalue weighted by atomic mass is 35.5. The van der Waals surface area contributed by atoms with Crippen LogP contribution in [0, 0.1) is 6.92 Å². The number of nitrogens with zero attached hydrogens (tertiary/aromatic N) is 3. The Morgan fingerprint density at radius 1 is 1.09 bits per heavy atom. The topological polar surface area (TPSA) is 93.4 Å². The molecule has 0 saturated heterocycles. The number of benzene rings is 3. The molecule has 0 atom stereocenters. The number of imidazole rings is 1. The van der Waals surface area contributed by atoms with Crippen LogP contribution in [0.3, 0.4) is 0 Å². The van der Waals surface area contributed by atoms with Gasteiger partial charge in [-0.1, -0.05) is 35.3 Å². The zero-order chi connectivity index (χ0) is 24.5. The summed E-state index contributed by atoms with van der Waals surface area (Å²) < 4.78 is 25.4. The number of halogens is 2. The number of amides is 1. The molecule has 174 valence electrons. The molecule has 0 spiro atoms. The number of aromatic nitrogens is 2. The van der Waals surface area contributed by atoms with Gasteiger partial charge >= 0.3 is 0 Å². The van der Waals surface area contributed by atoms with Crippen molar-refractivity contribution in [2.24, 2.45) is 5.10 Å². The van der Waals surface area contributed by atoms with Gasteiger partial charge in [-0.05, 0) is 61.0 Å². The van der Waals surface area contributed by atoms with Crippen LogP contribution in [-0.2, 0) is 21.2 Å². The molecule has 7 nitrogen and oxygen atoms in total. The summed E-state index contributed by atoms with van der Waals surface area (Å²) in [6.07, 6.45) is 2.60. The van der Waals surface area contributed by atoms with Gasteiger partial charge in [0.2, 0.25) is 0 Å². The van der Waals surface area contributed by atoms with Crippen LogP contribution in [0.5, 0.6) is 0 Å². The Morgan fingerprint density at radius 3 is 2.50 bits per heavy atom. The molecule has 0 unspecified atom stereocenters. The molecule has 34 heavy (non-hydrogen) atoms. The number of hydrogen-bond acceptors (Lipinski definition) is 5. The van der Waals surface area contributed by atoms with Gasteiger partial charge in [0.05, 0.1) is 27.2 Å². The van der Waals surface area contributed by atoms with E-state index in [9.17, 15) is 13.2 Å². The first-order chi connectivity index (χ1) is 16.1. The molecular formula is C24H20Cl2N4O3S. The summed E-state index contributed by atoms with van der Waals surface area (Å²) in [5.74, 6) is 0.177. The van der Waals surface area contributed by atoms with Crippen molar-refractivity contribution in [3.05, 3.63) is 81.8 Å². The van der Waals surface area contributed by atoms with E-state index < -0.39 is 9.84 Å².